The second kappa shape index (κ2) is 5.25. The largest absolute Gasteiger partial charge is 0.388 e. The van der Waals surface area contributed by atoms with Crippen LogP contribution in [0.2, 0.25) is 0 Å². The number of rotatable bonds is 3. The fourth-order valence-electron chi connectivity index (χ4n) is 2.73. The molecule has 3 rings (SSSR count). The number of benzene rings is 2. The number of hydrogen-bond donors (Lipinski definition) is 1. The normalized spacial score (nSPS) is 15.2. The van der Waals surface area contributed by atoms with Crippen molar-refractivity contribution in [3.05, 3.63) is 59.4 Å². The molecule has 0 unspecified atom stereocenters. The number of aliphatic hydroxyl groups excluding tert-OH is 1. The Bertz CT molecular complexity index is 609. The van der Waals surface area contributed by atoms with Crippen LogP contribution < -0.4 is 4.90 Å². The molecule has 2 nitrogen and oxygen atoms in total. The molecule has 0 spiro atoms. The van der Waals surface area contributed by atoms with Gasteiger partial charge in [0.25, 0.3) is 0 Å². The molecule has 0 saturated carbocycles. The summed E-state index contributed by atoms with van der Waals surface area (Å²) in [4.78, 5) is 2.13. The summed E-state index contributed by atoms with van der Waals surface area (Å²) in [5, 5.41) is 9.82. The number of halogens is 1. The van der Waals surface area contributed by atoms with Crippen LogP contribution in [0, 0.1) is 5.82 Å². The highest BCUT2D eigenvalue weighted by Gasteiger charge is 2.21. The third-order valence-corrected chi connectivity index (χ3v) is 3.92. The molecule has 104 valence electrons. The van der Waals surface area contributed by atoms with Crippen molar-refractivity contribution in [3.63, 3.8) is 0 Å². The summed E-state index contributed by atoms with van der Waals surface area (Å²) in [6, 6.07) is 12.9. The molecule has 0 aromatic heterocycles. The summed E-state index contributed by atoms with van der Waals surface area (Å²) in [6.07, 6.45) is 1.24. The van der Waals surface area contributed by atoms with E-state index >= 15 is 0 Å². The number of anilines is 2. The van der Waals surface area contributed by atoms with Crippen LogP contribution in [-0.4, -0.2) is 11.7 Å². The molecule has 1 heterocycles. The van der Waals surface area contributed by atoms with E-state index in [2.05, 4.69) is 4.90 Å². The van der Waals surface area contributed by atoms with Crippen LogP contribution in [0.1, 0.15) is 30.6 Å². The summed E-state index contributed by atoms with van der Waals surface area (Å²) in [6.45, 7) is 2.83. The molecular weight excluding hydrogens is 253 g/mol. The van der Waals surface area contributed by atoms with Gasteiger partial charge in [-0.2, -0.15) is 0 Å². The summed E-state index contributed by atoms with van der Waals surface area (Å²) < 4.78 is 13.4. The summed E-state index contributed by atoms with van der Waals surface area (Å²) in [5.74, 6) is -0.200. The monoisotopic (exact) mass is 271 g/mol. The van der Waals surface area contributed by atoms with Crippen LogP contribution in [0.3, 0.4) is 0 Å². The second-order valence-electron chi connectivity index (χ2n) is 5.19. The fourth-order valence-corrected chi connectivity index (χ4v) is 2.73. The Morgan fingerprint density at radius 2 is 1.95 bits per heavy atom. The van der Waals surface area contributed by atoms with Crippen LogP contribution in [0.15, 0.2) is 42.5 Å². The Morgan fingerprint density at radius 1 is 1.20 bits per heavy atom. The maximum Gasteiger partial charge on any atom is 0.125 e. The van der Waals surface area contributed by atoms with Gasteiger partial charge in [0.05, 0.1) is 6.10 Å². The summed E-state index contributed by atoms with van der Waals surface area (Å²) in [7, 11) is 0. The van der Waals surface area contributed by atoms with Crippen LogP contribution in [0.5, 0.6) is 0 Å². The standard InChI is InChI=1S/C17H18FNO/c1-2-17(20)13-4-7-15(8-5-13)19-10-9-12-3-6-14(18)11-16(12)19/h3-8,11,17,20H,2,9-10H2,1H3/t17-/m1/s1. The van der Waals surface area contributed by atoms with Crippen molar-refractivity contribution >= 4 is 11.4 Å². The van der Waals surface area contributed by atoms with E-state index < -0.39 is 6.10 Å². The molecule has 1 aliphatic rings. The van der Waals surface area contributed by atoms with E-state index in [0.717, 1.165) is 29.9 Å². The first kappa shape index (κ1) is 13.1. The van der Waals surface area contributed by atoms with Gasteiger partial charge in [-0.1, -0.05) is 25.1 Å². The van der Waals surface area contributed by atoms with Gasteiger partial charge in [-0.15, -0.1) is 0 Å². The predicted molar refractivity (Wildman–Crippen MR) is 78.8 cm³/mol. The molecule has 0 radical (unpaired) electrons. The van der Waals surface area contributed by atoms with Gasteiger partial charge in [0.1, 0.15) is 5.82 Å². The van der Waals surface area contributed by atoms with Gasteiger partial charge in [0.2, 0.25) is 0 Å². The number of nitrogens with zero attached hydrogens (tertiary/aromatic N) is 1. The maximum absolute atomic E-state index is 13.4. The minimum atomic E-state index is -0.410. The molecule has 0 bridgehead atoms. The Morgan fingerprint density at radius 3 is 2.65 bits per heavy atom. The quantitative estimate of drug-likeness (QED) is 0.913. The first-order chi connectivity index (χ1) is 9.69. The zero-order chi connectivity index (χ0) is 14.1. The molecule has 0 aliphatic carbocycles. The number of aliphatic hydroxyl groups is 1. The highest BCUT2D eigenvalue weighted by atomic mass is 19.1. The molecule has 0 amide bonds. The van der Waals surface area contributed by atoms with Gasteiger partial charge >= 0.3 is 0 Å². The van der Waals surface area contributed by atoms with E-state index in [1.54, 1.807) is 6.07 Å². The molecule has 0 fully saturated rings. The fraction of sp³-hybridized carbons (Fsp3) is 0.294. The summed E-state index contributed by atoms with van der Waals surface area (Å²) in [5.41, 5.74) is 4.11. The molecular formula is C17H18FNO. The van der Waals surface area contributed by atoms with Crippen molar-refractivity contribution in [1.29, 1.82) is 0 Å². The molecule has 2 aromatic rings. The van der Waals surface area contributed by atoms with E-state index in [4.69, 9.17) is 0 Å². The van der Waals surface area contributed by atoms with E-state index in [0.29, 0.717) is 6.42 Å². The third-order valence-electron chi connectivity index (χ3n) is 3.92. The Balaban J connectivity index is 1.90. The average molecular weight is 271 g/mol. The smallest absolute Gasteiger partial charge is 0.125 e. The Hall–Kier alpha value is -1.87. The van der Waals surface area contributed by atoms with E-state index in [1.165, 1.54) is 11.6 Å². The maximum atomic E-state index is 13.4. The van der Waals surface area contributed by atoms with Gasteiger partial charge in [-0.25, -0.2) is 4.39 Å². The highest BCUT2D eigenvalue weighted by molar-refractivity contribution is 5.70. The molecule has 2 aromatic carbocycles. The predicted octanol–water partition coefficient (Wildman–Crippen LogP) is 3.96. The second-order valence-corrected chi connectivity index (χ2v) is 5.19. The van der Waals surface area contributed by atoms with Gasteiger partial charge < -0.3 is 10.0 Å². The van der Waals surface area contributed by atoms with Gasteiger partial charge in [-0.05, 0) is 48.2 Å². The Labute approximate surface area is 118 Å². The lowest BCUT2D eigenvalue weighted by Crippen LogP contribution is -2.13. The van der Waals surface area contributed by atoms with Crippen molar-refractivity contribution in [2.24, 2.45) is 0 Å². The van der Waals surface area contributed by atoms with Crippen molar-refractivity contribution in [1.82, 2.24) is 0 Å². The van der Waals surface area contributed by atoms with Crippen LogP contribution in [0.25, 0.3) is 0 Å². The van der Waals surface area contributed by atoms with Crippen molar-refractivity contribution in [2.75, 3.05) is 11.4 Å². The topological polar surface area (TPSA) is 23.5 Å². The van der Waals surface area contributed by atoms with Gasteiger partial charge in [0, 0.05) is 17.9 Å². The lowest BCUT2D eigenvalue weighted by atomic mass is 10.1. The van der Waals surface area contributed by atoms with Gasteiger partial charge in [-0.3, -0.25) is 0 Å². The third kappa shape index (κ3) is 2.29. The first-order valence-corrected chi connectivity index (χ1v) is 7.03. The van der Waals surface area contributed by atoms with Crippen LogP contribution in [-0.2, 0) is 6.42 Å². The minimum absolute atomic E-state index is 0.200. The van der Waals surface area contributed by atoms with E-state index in [1.807, 2.05) is 37.3 Å². The van der Waals surface area contributed by atoms with Crippen molar-refractivity contribution < 1.29 is 9.50 Å². The molecule has 1 N–H and O–H groups in total. The Kier molecular flexibility index (Phi) is 3.45. The van der Waals surface area contributed by atoms with Gasteiger partial charge in [0.15, 0.2) is 0 Å². The van der Waals surface area contributed by atoms with Crippen molar-refractivity contribution in [3.8, 4) is 0 Å². The van der Waals surface area contributed by atoms with Crippen LogP contribution >= 0.6 is 0 Å². The molecule has 20 heavy (non-hydrogen) atoms. The minimum Gasteiger partial charge on any atom is -0.388 e. The molecule has 0 saturated heterocycles. The zero-order valence-corrected chi connectivity index (χ0v) is 11.5. The lowest BCUT2D eigenvalue weighted by molar-refractivity contribution is 0.173. The number of hydrogen-bond acceptors (Lipinski definition) is 2. The zero-order valence-electron chi connectivity index (χ0n) is 11.5. The van der Waals surface area contributed by atoms with Crippen molar-refractivity contribution in [2.45, 2.75) is 25.9 Å². The molecule has 1 atom stereocenters. The van der Waals surface area contributed by atoms with E-state index in [9.17, 15) is 9.50 Å². The summed E-state index contributed by atoms with van der Waals surface area (Å²) >= 11 is 0. The molecule has 1 aliphatic heterocycles. The highest BCUT2D eigenvalue weighted by Crippen LogP contribution is 2.35. The average Bonchev–Trinajstić information content (AvgIpc) is 2.89. The van der Waals surface area contributed by atoms with Crippen LogP contribution in [0.4, 0.5) is 15.8 Å². The lowest BCUT2D eigenvalue weighted by Gasteiger charge is -2.20. The SMILES string of the molecule is CC[C@@H](O)c1ccc(N2CCc3ccc(F)cc32)cc1. The number of fused-ring (bicyclic) bond motifs is 1. The van der Waals surface area contributed by atoms with E-state index in [-0.39, 0.29) is 5.82 Å². The first-order valence-electron chi connectivity index (χ1n) is 7.03. The molecule has 3 heteroatoms.